The van der Waals surface area contributed by atoms with Crippen LogP contribution in [0.4, 0.5) is 10.3 Å². The molecule has 0 amide bonds. The quantitative estimate of drug-likeness (QED) is 0.774. The smallest absolute Gasteiger partial charge is 0.207 e. The van der Waals surface area contributed by atoms with Crippen molar-refractivity contribution < 1.29 is 4.42 Å². The van der Waals surface area contributed by atoms with Crippen LogP contribution in [0.1, 0.15) is 5.76 Å². The summed E-state index contributed by atoms with van der Waals surface area (Å²) in [6, 6.07) is 3.73. The van der Waals surface area contributed by atoms with Gasteiger partial charge >= 0.3 is 0 Å². The van der Waals surface area contributed by atoms with Crippen molar-refractivity contribution in [3.63, 3.8) is 0 Å². The predicted octanol–water partition coefficient (Wildman–Crippen LogP) is 1.33. The number of nitrogens with two attached hydrogens (primary N) is 1. The number of aromatic nitrogens is 2. The standard InChI is InChI=1S/C7H8N4OS/c8-6-10-11-7(13-6)9-4-5-2-1-3-12-5/h1-3H,4H2,(H2,8,10)(H,9,11). The highest BCUT2D eigenvalue weighted by atomic mass is 32.1. The number of hydrogen-bond acceptors (Lipinski definition) is 6. The Morgan fingerprint density at radius 2 is 2.46 bits per heavy atom. The summed E-state index contributed by atoms with van der Waals surface area (Å²) in [6.07, 6.45) is 1.63. The summed E-state index contributed by atoms with van der Waals surface area (Å²) in [5.41, 5.74) is 5.41. The second-order valence-electron chi connectivity index (χ2n) is 2.38. The second-order valence-corrected chi connectivity index (χ2v) is 3.39. The molecule has 5 nitrogen and oxygen atoms in total. The van der Waals surface area contributed by atoms with Gasteiger partial charge in [0.25, 0.3) is 0 Å². The number of nitrogens with one attached hydrogen (secondary N) is 1. The van der Waals surface area contributed by atoms with Crippen LogP contribution >= 0.6 is 11.3 Å². The third-order valence-electron chi connectivity index (χ3n) is 1.43. The van der Waals surface area contributed by atoms with Crippen molar-refractivity contribution in [1.82, 2.24) is 10.2 Å². The van der Waals surface area contributed by atoms with E-state index in [1.807, 2.05) is 12.1 Å². The van der Waals surface area contributed by atoms with Gasteiger partial charge < -0.3 is 15.5 Å². The average molecular weight is 196 g/mol. The van der Waals surface area contributed by atoms with E-state index in [2.05, 4.69) is 15.5 Å². The molecule has 0 aromatic carbocycles. The van der Waals surface area contributed by atoms with E-state index in [1.165, 1.54) is 11.3 Å². The molecule has 0 atom stereocenters. The summed E-state index contributed by atoms with van der Waals surface area (Å²) >= 11 is 1.31. The normalized spacial score (nSPS) is 10.2. The SMILES string of the molecule is Nc1nnc(NCc2ccco2)s1. The van der Waals surface area contributed by atoms with Crippen molar-refractivity contribution in [2.45, 2.75) is 6.54 Å². The van der Waals surface area contributed by atoms with Crippen LogP contribution in [0, 0.1) is 0 Å². The Labute approximate surface area is 78.6 Å². The fourth-order valence-corrected chi connectivity index (χ4v) is 1.39. The molecule has 2 heterocycles. The van der Waals surface area contributed by atoms with Gasteiger partial charge in [-0.3, -0.25) is 0 Å². The highest BCUT2D eigenvalue weighted by Gasteiger charge is 2.00. The number of rotatable bonds is 3. The van der Waals surface area contributed by atoms with E-state index in [9.17, 15) is 0 Å². The van der Waals surface area contributed by atoms with Gasteiger partial charge in [0.05, 0.1) is 12.8 Å². The molecule has 68 valence electrons. The lowest BCUT2D eigenvalue weighted by atomic mass is 10.4. The molecular weight excluding hydrogens is 188 g/mol. The lowest BCUT2D eigenvalue weighted by molar-refractivity contribution is 0.518. The van der Waals surface area contributed by atoms with Gasteiger partial charge in [-0.05, 0) is 12.1 Å². The van der Waals surface area contributed by atoms with Crippen LogP contribution < -0.4 is 11.1 Å². The third-order valence-corrected chi connectivity index (χ3v) is 2.14. The first kappa shape index (κ1) is 8.06. The fourth-order valence-electron chi connectivity index (χ4n) is 0.882. The molecular formula is C7H8N4OS. The number of furan rings is 1. The zero-order chi connectivity index (χ0) is 9.10. The van der Waals surface area contributed by atoms with Crippen LogP contribution in [-0.2, 0) is 6.54 Å². The van der Waals surface area contributed by atoms with Crippen molar-refractivity contribution in [1.29, 1.82) is 0 Å². The first-order chi connectivity index (χ1) is 6.34. The van der Waals surface area contributed by atoms with Crippen molar-refractivity contribution in [3.8, 4) is 0 Å². The van der Waals surface area contributed by atoms with Crippen LogP contribution in [-0.4, -0.2) is 10.2 Å². The Kier molecular flexibility index (Phi) is 2.13. The number of hydrogen-bond donors (Lipinski definition) is 2. The summed E-state index contributed by atoms with van der Waals surface area (Å²) in [4.78, 5) is 0. The number of nitrogens with zero attached hydrogens (tertiary/aromatic N) is 2. The first-order valence-corrected chi connectivity index (χ1v) is 4.51. The molecule has 0 bridgehead atoms. The van der Waals surface area contributed by atoms with Crippen molar-refractivity contribution in [2.75, 3.05) is 11.1 Å². The van der Waals surface area contributed by atoms with Crippen molar-refractivity contribution in [2.24, 2.45) is 0 Å². The van der Waals surface area contributed by atoms with E-state index < -0.39 is 0 Å². The zero-order valence-corrected chi connectivity index (χ0v) is 7.54. The molecule has 0 aliphatic rings. The molecule has 13 heavy (non-hydrogen) atoms. The van der Waals surface area contributed by atoms with Crippen LogP contribution in [0.2, 0.25) is 0 Å². The molecule has 0 saturated carbocycles. The maximum Gasteiger partial charge on any atom is 0.207 e. The number of nitrogen functional groups attached to an aromatic ring is 1. The molecule has 0 aliphatic heterocycles. The van der Waals surface area contributed by atoms with Crippen LogP contribution in [0.5, 0.6) is 0 Å². The highest BCUT2D eigenvalue weighted by molar-refractivity contribution is 7.18. The lowest BCUT2D eigenvalue weighted by Crippen LogP contribution is -1.96. The van der Waals surface area contributed by atoms with E-state index in [0.29, 0.717) is 16.8 Å². The summed E-state index contributed by atoms with van der Waals surface area (Å²) in [5, 5.41) is 11.7. The Morgan fingerprint density at radius 1 is 1.54 bits per heavy atom. The van der Waals surface area contributed by atoms with Gasteiger partial charge in [-0.15, -0.1) is 10.2 Å². The molecule has 0 radical (unpaired) electrons. The van der Waals surface area contributed by atoms with Gasteiger partial charge in [0.2, 0.25) is 10.3 Å². The minimum Gasteiger partial charge on any atom is -0.467 e. The number of anilines is 2. The Bertz CT molecular complexity index is 370. The molecule has 0 aliphatic carbocycles. The monoisotopic (exact) mass is 196 g/mol. The minimum atomic E-state index is 0.460. The van der Waals surface area contributed by atoms with E-state index in [1.54, 1.807) is 6.26 Å². The molecule has 0 spiro atoms. The van der Waals surface area contributed by atoms with Crippen LogP contribution in [0.3, 0.4) is 0 Å². The third kappa shape index (κ3) is 1.97. The van der Waals surface area contributed by atoms with Gasteiger partial charge in [-0.2, -0.15) is 0 Å². The van der Waals surface area contributed by atoms with E-state index in [-0.39, 0.29) is 0 Å². The minimum absolute atomic E-state index is 0.460. The van der Waals surface area contributed by atoms with Gasteiger partial charge in [0, 0.05) is 0 Å². The van der Waals surface area contributed by atoms with E-state index in [0.717, 1.165) is 5.76 Å². The van der Waals surface area contributed by atoms with Gasteiger partial charge in [0.15, 0.2) is 0 Å². The van der Waals surface area contributed by atoms with Gasteiger partial charge in [0.1, 0.15) is 5.76 Å². The molecule has 2 rings (SSSR count). The summed E-state index contributed by atoms with van der Waals surface area (Å²) in [5.74, 6) is 0.855. The maximum absolute atomic E-state index is 5.41. The van der Waals surface area contributed by atoms with E-state index >= 15 is 0 Å². The lowest BCUT2D eigenvalue weighted by Gasteiger charge is -1.96. The fraction of sp³-hybridized carbons (Fsp3) is 0.143. The summed E-state index contributed by atoms with van der Waals surface area (Å²) in [7, 11) is 0. The average Bonchev–Trinajstić information content (AvgIpc) is 2.71. The molecule has 3 N–H and O–H groups in total. The van der Waals surface area contributed by atoms with Crippen LogP contribution in [0.25, 0.3) is 0 Å². The topological polar surface area (TPSA) is 77.0 Å². The van der Waals surface area contributed by atoms with E-state index in [4.69, 9.17) is 10.2 Å². The molecule has 6 heteroatoms. The van der Waals surface area contributed by atoms with Gasteiger partial charge in [-0.1, -0.05) is 11.3 Å². The second kappa shape index (κ2) is 3.44. The van der Waals surface area contributed by atoms with Crippen LogP contribution in [0.15, 0.2) is 22.8 Å². The molecule has 2 aromatic heterocycles. The summed E-state index contributed by atoms with van der Waals surface area (Å²) < 4.78 is 5.12. The zero-order valence-electron chi connectivity index (χ0n) is 6.73. The first-order valence-electron chi connectivity index (χ1n) is 3.70. The highest BCUT2D eigenvalue weighted by Crippen LogP contribution is 2.17. The molecule has 0 saturated heterocycles. The van der Waals surface area contributed by atoms with Crippen molar-refractivity contribution in [3.05, 3.63) is 24.2 Å². The molecule has 2 aromatic rings. The molecule has 0 unspecified atom stereocenters. The van der Waals surface area contributed by atoms with Crippen molar-refractivity contribution >= 4 is 21.6 Å². The largest absolute Gasteiger partial charge is 0.467 e. The Morgan fingerprint density at radius 3 is 3.08 bits per heavy atom. The molecule has 0 fully saturated rings. The Hall–Kier alpha value is -1.56. The predicted molar refractivity (Wildman–Crippen MR) is 50.4 cm³/mol. The maximum atomic E-state index is 5.41. The Balaban J connectivity index is 1.93. The summed E-state index contributed by atoms with van der Waals surface area (Å²) in [6.45, 7) is 0.599. The van der Waals surface area contributed by atoms with Gasteiger partial charge in [-0.25, -0.2) is 0 Å².